The van der Waals surface area contributed by atoms with Gasteiger partial charge in [0.05, 0.1) is 18.0 Å². The lowest BCUT2D eigenvalue weighted by molar-refractivity contribution is -0.123. The van der Waals surface area contributed by atoms with Crippen molar-refractivity contribution in [1.29, 1.82) is 0 Å². The number of hydrogen-bond donors (Lipinski definition) is 1. The molecule has 0 spiro atoms. The molecule has 0 saturated carbocycles. The van der Waals surface area contributed by atoms with Gasteiger partial charge in [-0.2, -0.15) is 0 Å². The molecule has 2 aromatic heterocycles. The number of halogens is 3. The maximum atomic E-state index is 13.2. The number of fused-ring (bicyclic) bond motifs is 1. The summed E-state index contributed by atoms with van der Waals surface area (Å²) in [7, 11) is 0. The highest BCUT2D eigenvalue weighted by atomic mass is 79.9. The van der Waals surface area contributed by atoms with Crippen molar-refractivity contribution in [2.24, 2.45) is 0 Å². The first-order valence-corrected chi connectivity index (χ1v) is 14.3. The van der Waals surface area contributed by atoms with Gasteiger partial charge in [0.25, 0.3) is 11.1 Å². The Morgan fingerprint density at radius 3 is 2.70 bits per heavy atom. The average Bonchev–Trinajstić information content (AvgIpc) is 3.55. The second-order valence-corrected chi connectivity index (χ2v) is 12.0. The Balaban J connectivity index is 1.40. The maximum Gasteiger partial charge on any atom is 0.293 e. The molecule has 0 bridgehead atoms. The Morgan fingerprint density at radius 1 is 1.11 bits per heavy atom. The predicted molar refractivity (Wildman–Crippen MR) is 154 cm³/mol. The van der Waals surface area contributed by atoms with Crippen molar-refractivity contribution >= 4 is 96.3 Å². The molecule has 0 atom stereocenters. The summed E-state index contributed by atoms with van der Waals surface area (Å²) in [6.07, 6.45) is 3.52. The molecule has 37 heavy (non-hydrogen) atoms. The number of thiophene rings is 1. The number of hydrogen-bond acceptors (Lipinski definition) is 5. The zero-order valence-electron chi connectivity index (χ0n) is 19.0. The van der Waals surface area contributed by atoms with Crippen LogP contribution in [0.25, 0.3) is 17.0 Å². The van der Waals surface area contributed by atoms with Crippen LogP contribution in [0.3, 0.4) is 0 Å². The minimum atomic E-state index is -0.398. The van der Waals surface area contributed by atoms with E-state index in [0.29, 0.717) is 27.1 Å². The van der Waals surface area contributed by atoms with Crippen molar-refractivity contribution in [1.82, 2.24) is 14.8 Å². The number of nitrogens with zero attached hydrogens (tertiary/aromatic N) is 2. The molecule has 0 unspecified atom stereocenters. The van der Waals surface area contributed by atoms with Crippen LogP contribution in [-0.4, -0.2) is 26.5 Å². The number of carbonyl (C=O) groups excluding carboxylic acids is 3. The standard InChI is InChI=1S/C26H18BrCl2N3O3S2/c27-17-4-6-22-20(9-17)16(12-31(22)14-24(33)30-11-19-2-1-7-36-19)8-23-25(34)32(26(35)37-23)13-15-3-5-18(28)10-21(15)29/h1-10,12H,11,13-14H2,(H,30,33)/b23-8-. The van der Waals surface area contributed by atoms with E-state index in [-0.39, 0.29) is 24.2 Å². The van der Waals surface area contributed by atoms with Crippen molar-refractivity contribution in [2.45, 2.75) is 19.6 Å². The molecule has 2 aromatic carbocycles. The lowest BCUT2D eigenvalue weighted by Crippen LogP contribution is -2.27. The molecule has 0 aliphatic carbocycles. The van der Waals surface area contributed by atoms with Gasteiger partial charge in [0.15, 0.2) is 0 Å². The Bertz CT molecular complexity index is 1570. The Labute approximate surface area is 239 Å². The fourth-order valence-electron chi connectivity index (χ4n) is 3.95. The summed E-state index contributed by atoms with van der Waals surface area (Å²) in [5.41, 5.74) is 2.20. The number of nitrogens with one attached hydrogen (secondary N) is 1. The SMILES string of the molecule is O=C(Cn1cc(/C=C2\SC(=O)N(Cc3ccc(Cl)cc3Cl)C2=O)c2cc(Br)ccc21)NCc1cccs1. The third-order valence-electron chi connectivity index (χ3n) is 5.73. The summed E-state index contributed by atoms with van der Waals surface area (Å²) in [4.78, 5) is 41.0. The average molecular weight is 635 g/mol. The second kappa shape index (κ2) is 11.0. The summed E-state index contributed by atoms with van der Waals surface area (Å²) in [5, 5.41) is 6.25. The summed E-state index contributed by atoms with van der Waals surface area (Å²) >= 11 is 18.2. The Kier molecular flexibility index (Phi) is 7.78. The molecular formula is C26H18BrCl2N3O3S2. The molecule has 1 aliphatic heterocycles. The van der Waals surface area contributed by atoms with Gasteiger partial charge in [0, 0.05) is 42.1 Å². The molecule has 11 heteroatoms. The van der Waals surface area contributed by atoms with Crippen molar-refractivity contribution in [2.75, 3.05) is 0 Å². The van der Waals surface area contributed by atoms with E-state index in [4.69, 9.17) is 23.2 Å². The van der Waals surface area contributed by atoms with Gasteiger partial charge < -0.3 is 9.88 Å². The van der Waals surface area contributed by atoms with Gasteiger partial charge >= 0.3 is 0 Å². The predicted octanol–water partition coefficient (Wildman–Crippen LogP) is 7.33. The van der Waals surface area contributed by atoms with E-state index in [2.05, 4.69) is 21.2 Å². The molecule has 3 amide bonds. The van der Waals surface area contributed by atoms with Crippen LogP contribution < -0.4 is 5.32 Å². The quantitative estimate of drug-likeness (QED) is 0.216. The van der Waals surface area contributed by atoms with Crippen LogP contribution in [-0.2, 0) is 29.2 Å². The Morgan fingerprint density at radius 2 is 1.95 bits per heavy atom. The van der Waals surface area contributed by atoms with Crippen molar-refractivity contribution < 1.29 is 14.4 Å². The fourth-order valence-corrected chi connectivity index (χ4v) is 6.25. The van der Waals surface area contributed by atoms with E-state index in [1.54, 1.807) is 35.6 Å². The molecule has 6 nitrogen and oxygen atoms in total. The summed E-state index contributed by atoms with van der Waals surface area (Å²) in [6.45, 7) is 0.641. The summed E-state index contributed by atoms with van der Waals surface area (Å²) in [5.74, 6) is -0.523. The van der Waals surface area contributed by atoms with Crippen LogP contribution in [0.15, 0.2) is 69.5 Å². The Hall–Kier alpha value is -2.56. The number of carbonyl (C=O) groups is 3. The third-order valence-corrected chi connectivity index (χ3v) is 8.60. The summed E-state index contributed by atoms with van der Waals surface area (Å²) < 4.78 is 2.70. The van der Waals surface area contributed by atoms with Gasteiger partial charge in [-0.05, 0) is 65.2 Å². The van der Waals surface area contributed by atoms with Gasteiger partial charge in [-0.1, -0.05) is 51.3 Å². The zero-order valence-corrected chi connectivity index (χ0v) is 23.8. The van der Waals surface area contributed by atoms with Crippen LogP contribution in [0.5, 0.6) is 0 Å². The van der Waals surface area contributed by atoms with Crippen LogP contribution in [0.2, 0.25) is 10.0 Å². The maximum absolute atomic E-state index is 13.2. The van der Waals surface area contributed by atoms with Crippen LogP contribution in [0, 0.1) is 0 Å². The van der Waals surface area contributed by atoms with E-state index in [9.17, 15) is 14.4 Å². The lowest BCUT2D eigenvalue weighted by Gasteiger charge is -2.13. The van der Waals surface area contributed by atoms with Crippen molar-refractivity contribution in [3.8, 4) is 0 Å². The smallest absolute Gasteiger partial charge is 0.293 e. The monoisotopic (exact) mass is 633 g/mol. The summed E-state index contributed by atoms with van der Waals surface area (Å²) in [6, 6.07) is 14.6. The van der Waals surface area contributed by atoms with Crippen LogP contribution >= 0.6 is 62.2 Å². The third kappa shape index (κ3) is 5.81. The first-order chi connectivity index (χ1) is 17.8. The molecule has 1 N–H and O–H groups in total. The minimum absolute atomic E-state index is 0.0513. The van der Waals surface area contributed by atoms with E-state index in [1.165, 1.54) is 4.90 Å². The number of aromatic nitrogens is 1. The molecule has 4 aromatic rings. The minimum Gasteiger partial charge on any atom is -0.350 e. The van der Waals surface area contributed by atoms with Gasteiger partial charge in [-0.25, -0.2) is 0 Å². The van der Waals surface area contributed by atoms with Crippen molar-refractivity contribution in [3.63, 3.8) is 0 Å². The first-order valence-electron chi connectivity index (χ1n) is 11.1. The molecule has 5 rings (SSSR count). The molecule has 1 aliphatic rings. The van der Waals surface area contributed by atoms with Crippen LogP contribution in [0.4, 0.5) is 4.79 Å². The van der Waals surface area contributed by atoms with Gasteiger partial charge in [0.1, 0.15) is 6.54 Å². The molecule has 1 fully saturated rings. The largest absolute Gasteiger partial charge is 0.350 e. The van der Waals surface area contributed by atoms with Crippen molar-refractivity contribution in [3.05, 3.63) is 95.5 Å². The molecule has 1 saturated heterocycles. The van der Waals surface area contributed by atoms with Gasteiger partial charge in [-0.15, -0.1) is 11.3 Å². The fraction of sp³-hybridized carbons (Fsp3) is 0.115. The molecule has 3 heterocycles. The number of thioether (sulfide) groups is 1. The zero-order chi connectivity index (χ0) is 26.1. The molecular weight excluding hydrogens is 617 g/mol. The normalized spacial score (nSPS) is 14.8. The van der Waals surface area contributed by atoms with Gasteiger partial charge in [0.2, 0.25) is 5.91 Å². The highest BCUT2D eigenvalue weighted by Gasteiger charge is 2.35. The van der Waals surface area contributed by atoms with E-state index >= 15 is 0 Å². The van der Waals surface area contributed by atoms with E-state index in [0.717, 1.165) is 37.6 Å². The lowest BCUT2D eigenvalue weighted by atomic mass is 10.1. The van der Waals surface area contributed by atoms with Crippen LogP contribution in [0.1, 0.15) is 16.0 Å². The second-order valence-electron chi connectivity index (χ2n) is 8.23. The molecule has 188 valence electrons. The molecule has 0 radical (unpaired) electrons. The highest BCUT2D eigenvalue weighted by Crippen LogP contribution is 2.36. The number of amides is 3. The van der Waals surface area contributed by atoms with E-state index < -0.39 is 5.91 Å². The number of imide groups is 1. The van der Waals surface area contributed by atoms with E-state index in [1.807, 2.05) is 46.5 Å². The number of benzene rings is 2. The van der Waals surface area contributed by atoms with Gasteiger partial charge in [-0.3, -0.25) is 19.3 Å². The first kappa shape index (κ1) is 26.1. The highest BCUT2D eigenvalue weighted by molar-refractivity contribution is 9.10. The number of rotatable bonds is 7. The topological polar surface area (TPSA) is 71.4 Å².